The first-order chi connectivity index (χ1) is 8.47. The third-order valence-electron chi connectivity index (χ3n) is 2.59. The molecule has 0 radical (unpaired) electrons. The van der Waals surface area contributed by atoms with Gasteiger partial charge in [0.15, 0.2) is 0 Å². The Balaban J connectivity index is 3.15. The first-order valence-electron chi connectivity index (χ1n) is 5.41. The molecule has 17 heavy (non-hydrogen) atoms. The molecule has 1 aliphatic carbocycles. The lowest BCUT2D eigenvalue weighted by atomic mass is 9.91. The van der Waals surface area contributed by atoms with E-state index < -0.39 is 29.7 Å². The highest BCUT2D eigenvalue weighted by molar-refractivity contribution is 5.99. The highest BCUT2D eigenvalue weighted by Crippen LogP contribution is 2.34. The predicted molar refractivity (Wildman–Crippen MR) is 55.7 cm³/mol. The van der Waals surface area contributed by atoms with Gasteiger partial charge >= 0.3 is 17.9 Å². The molecule has 0 aromatic heterocycles. The SMILES string of the molecule is [2H]C1=C(C(=O)OC)[C@@H](C(=O)OC)[C@H](C(=O)OC)C1. The van der Waals surface area contributed by atoms with Gasteiger partial charge < -0.3 is 14.2 Å². The smallest absolute Gasteiger partial charge is 0.334 e. The number of ether oxygens (including phenoxy) is 3. The average Bonchev–Trinajstić information content (AvgIpc) is 2.73. The van der Waals surface area contributed by atoms with E-state index in [4.69, 9.17) is 1.37 Å². The van der Waals surface area contributed by atoms with Crippen LogP contribution in [0.15, 0.2) is 11.6 Å². The first kappa shape index (κ1) is 11.6. The third-order valence-corrected chi connectivity index (χ3v) is 2.59. The van der Waals surface area contributed by atoms with E-state index in [1.54, 1.807) is 0 Å². The van der Waals surface area contributed by atoms with Crippen molar-refractivity contribution in [3.05, 3.63) is 11.6 Å². The molecule has 0 saturated heterocycles. The number of methoxy groups -OCH3 is 3. The van der Waals surface area contributed by atoms with Crippen molar-refractivity contribution in [3.63, 3.8) is 0 Å². The molecule has 1 aliphatic rings. The quantitative estimate of drug-likeness (QED) is 0.515. The van der Waals surface area contributed by atoms with Crippen LogP contribution >= 0.6 is 0 Å². The summed E-state index contributed by atoms with van der Waals surface area (Å²) in [6.45, 7) is 0. The van der Waals surface area contributed by atoms with Gasteiger partial charge in [-0.2, -0.15) is 0 Å². The Hall–Kier alpha value is -1.85. The molecule has 94 valence electrons. The number of allylic oxidation sites excluding steroid dienone is 1. The zero-order chi connectivity index (χ0) is 13.9. The lowest BCUT2D eigenvalue weighted by Gasteiger charge is -2.17. The molecule has 0 fully saturated rings. The van der Waals surface area contributed by atoms with Crippen molar-refractivity contribution in [2.75, 3.05) is 21.3 Å². The first-order valence-corrected chi connectivity index (χ1v) is 4.91. The lowest BCUT2D eigenvalue weighted by molar-refractivity contribution is -0.156. The summed E-state index contributed by atoms with van der Waals surface area (Å²) >= 11 is 0. The number of rotatable bonds is 3. The van der Waals surface area contributed by atoms with E-state index in [2.05, 4.69) is 14.2 Å². The monoisotopic (exact) mass is 243 g/mol. The Morgan fingerprint density at radius 3 is 2.24 bits per heavy atom. The van der Waals surface area contributed by atoms with Crippen LogP contribution in [0.5, 0.6) is 0 Å². The van der Waals surface area contributed by atoms with Crippen LogP contribution in [-0.4, -0.2) is 39.2 Å². The summed E-state index contributed by atoms with van der Waals surface area (Å²) in [5.74, 6) is -4.27. The molecule has 0 unspecified atom stereocenters. The molecular formula is C11H14O6. The number of esters is 3. The minimum Gasteiger partial charge on any atom is -0.469 e. The maximum atomic E-state index is 11.7. The second-order valence-corrected chi connectivity index (χ2v) is 3.42. The van der Waals surface area contributed by atoms with Gasteiger partial charge in [0.05, 0.1) is 28.6 Å². The van der Waals surface area contributed by atoms with E-state index in [9.17, 15) is 14.4 Å². The zero-order valence-corrected chi connectivity index (χ0v) is 9.81. The van der Waals surface area contributed by atoms with Crippen LogP contribution < -0.4 is 0 Å². The van der Waals surface area contributed by atoms with Gasteiger partial charge in [-0.15, -0.1) is 0 Å². The molecule has 0 heterocycles. The van der Waals surface area contributed by atoms with E-state index in [1.165, 1.54) is 7.11 Å². The maximum Gasteiger partial charge on any atom is 0.334 e. The van der Waals surface area contributed by atoms with Gasteiger partial charge in [0.25, 0.3) is 0 Å². The summed E-state index contributed by atoms with van der Waals surface area (Å²) in [5, 5.41) is 0. The Bertz CT molecular complexity index is 414. The Kier molecular flexibility index (Phi) is 3.74. The van der Waals surface area contributed by atoms with E-state index in [0.717, 1.165) is 14.2 Å². The second-order valence-electron chi connectivity index (χ2n) is 3.42. The molecule has 0 spiro atoms. The maximum absolute atomic E-state index is 11.7. The van der Waals surface area contributed by atoms with E-state index >= 15 is 0 Å². The Labute approximate surface area is 99.9 Å². The number of carbonyl (C=O) groups excluding carboxylic acids is 3. The third kappa shape index (κ3) is 2.46. The van der Waals surface area contributed by atoms with Gasteiger partial charge in [-0.3, -0.25) is 9.59 Å². The number of hydrogen-bond acceptors (Lipinski definition) is 6. The zero-order valence-electron chi connectivity index (χ0n) is 10.8. The molecule has 6 nitrogen and oxygen atoms in total. The van der Waals surface area contributed by atoms with E-state index in [-0.39, 0.29) is 18.0 Å². The molecule has 0 aliphatic heterocycles. The summed E-state index contributed by atoms with van der Waals surface area (Å²) in [5.41, 5.74) is -0.139. The summed E-state index contributed by atoms with van der Waals surface area (Å²) in [7, 11) is 3.46. The Morgan fingerprint density at radius 2 is 1.76 bits per heavy atom. The highest BCUT2D eigenvalue weighted by atomic mass is 16.5. The van der Waals surface area contributed by atoms with Crippen LogP contribution in [0.4, 0.5) is 0 Å². The highest BCUT2D eigenvalue weighted by Gasteiger charge is 2.44. The van der Waals surface area contributed by atoms with Crippen LogP contribution in [0.1, 0.15) is 7.79 Å². The fourth-order valence-electron chi connectivity index (χ4n) is 1.74. The fourth-order valence-corrected chi connectivity index (χ4v) is 1.74. The molecule has 0 aromatic carbocycles. The molecule has 0 N–H and O–H groups in total. The molecule has 0 amide bonds. The average molecular weight is 243 g/mol. The molecule has 6 heteroatoms. The minimum atomic E-state index is -1.14. The summed E-state index contributed by atoms with van der Waals surface area (Å²) < 4.78 is 21.3. The van der Waals surface area contributed by atoms with Crippen LogP contribution in [0.25, 0.3) is 0 Å². The van der Waals surface area contributed by atoms with Crippen molar-refractivity contribution in [2.24, 2.45) is 11.8 Å². The van der Waals surface area contributed by atoms with Gasteiger partial charge in [-0.1, -0.05) is 6.05 Å². The van der Waals surface area contributed by atoms with Gasteiger partial charge in [0.2, 0.25) is 0 Å². The Morgan fingerprint density at radius 1 is 1.18 bits per heavy atom. The van der Waals surface area contributed by atoms with Crippen LogP contribution in [0, 0.1) is 11.8 Å². The number of carbonyl (C=O) groups is 3. The van der Waals surface area contributed by atoms with Crippen molar-refractivity contribution >= 4 is 17.9 Å². The summed E-state index contributed by atoms with van der Waals surface area (Å²) in [6.07, 6.45) is -0.0448. The fraction of sp³-hybridized carbons (Fsp3) is 0.545. The van der Waals surface area contributed by atoms with Crippen molar-refractivity contribution in [3.8, 4) is 0 Å². The van der Waals surface area contributed by atoms with Crippen molar-refractivity contribution in [1.29, 1.82) is 0 Å². The van der Waals surface area contributed by atoms with Crippen molar-refractivity contribution < 1.29 is 30.0 Å². The van der Waals surface area contributed by atoms with E-state index in [0.29, 0.717) is 0 Å². The molecule has 0 aromatic rings. The van der Waals surface area contributed by atoms with Gasteiger partial charge in [0.1, 0.15) is 5.92 Å². The molecule has 0 saturated carbocycles. The summed E-state index contributed by atoms with van der Waals surface area (Å²) in [4.78, 5) is 34.8. The van der Waals surface area contributed by atoms with Gasteiger partial charge in [-0.05, 0) is 6.42 Å². The van der Waals surface area contributed by atoms with Crippen molar-refractivity contribution in [2.45, 2.75) is 6.42 Å². The largest absolute Gasteiger partial charge is 0.469 e. The van der Waals surface area contributed by atoms with Gasteiger partial charge in [0, 0.05) is 5.57 Å². The lowest BCUT2D eigenvalue weighted by Crippen LogP contribution is -2.31. The standard InChI is InChI=1S/C11H14O6/c1-15-9(12)6-4-5-7(10(13)16-2)8(6)11(14)17-3/h4,7-8H,5H2,1-3H3/t7-,8-/m1/s1/i4D. The molecular weight excluding hydrogens is 228 g/mol. The second kappa shape index (κ2) is 5.47. The van der Waals surface area contributed by atoms with E-state index in [1.807, 2.05) is 0 Å². The molecule has 2 atom stereocenters. The predicted octanol–water partition coefficient (Wildman–Crippen LogP) is 0.0679. The van der Waals surface area contributed by atoms with Crippen LogP contribution in [-0.2, 0) is 28.6 Å². The summed E-state index contributed by atoms with van der Waals surface area (Å²) in [6, 6.07) is -0.104. The van der Waals surface area contributed by atoms with Crippen LogP contribution in [0.2, 0.25) is 0 Å². The van der Waals surface area contributed by atoms with Crippen LogP contribution in [0.3, 0.4) is 0 Å². The molecule has 0 bridgehead atoms. The van der Waals surface area contributed by atoms with Crippen molar-refractivity contribution in [1.82, 2.24) is 0 Å². The topological polar surface area (TPSA) is 78.9 Å². The normalized spacial score (nSPS) is 24.1. The van der Waals surface area contributed by atoms with Gasteiger partial charge in [-0.25, -0.2) is 4.79 Å². The molecule has 1 rings (SSSR count). The minimum absolute atomic E-state index is 0.0448. The number of hydrogen-bond donors (Lipinski definition) is 0.